The van der Waals surface area contributed by atoms with E-state index in [1.165, 1.54) is 6.07 Å². The van der Waals surface area contributed by atoms with Crippen LogP contribution >= 0.6 is 23.2 Å². The van der Waals surface area contributed by atoms with Gasteiger partial charge in [0.25, 0.3) is 5.56 Å². The van der Waals surface area contributed by atoms with Gasteiger partial charge in [-0.15, -0.1) is 0 Å². The van der Waals surface area contributed by atoms with E-state index in [-0.39, 0.29) is 5.56 Å². The summed E-state index contributed by atoms with van der Waals surface area (Å²) in [6, 6.07) is 6.63. The molecule has 0 saturated heterocycles. The lowest BCUT2D eigenvalue weighted by molar-refractivity contribution is 0.912. The van der Waals surface area contributed by atoms with Gasteiger partial charge in [0, 0.05) is 27.6 Å². The van der Waals surface area contributed by atoms with Gasteiger partial charge in [-0.05, 0) is 31.0 Å². The number of nitrogens with one attached hydrogen (secondary N) is 1. The Bertz CT molecular complexity index is 642. The Kier molecular flexibility index (Phi) is 2.88. The van der Waals surface area contributed by atoms with Gasteiger partial charge in [-0.2, -0.15) is 0 Å². The molecule has 1 aliphatic carbocycles. The molecule has 1 aromatic carbocycles. The summed E-state index contributed by atoms with van der Waals surface area (Å²) in [6.07, 6.45) is 2.17. The van der Waals surface area contributed by atoms with Crippen LogP contribution in [0, 0.1) is 0 Å². The molecule has 0 radical (unpaired) electrons. The third-order valence-electron chi connectivity index (χ3n) is 2.88. The van der Waals surface area contributed by atoms with E-state index >= 15 is 0 Å². The van der Waals surface area contributed by atoms with Crippen LogP contribution in [0.3, 0.4) is 0 Å². The van der Waals surface area contributed by atoms with Crippen molar-refractivity contribution in [2.45, 2.75) is 18.8 Å². The highest BCUT2D eigenvalue weighted by Crippen LogP contribution is 2.38. The van der Waals surface area contributed by atoms with E-state index < -0.39 is 0 Å². The quantitative estimate of drug-likeness (QED) is 0.913. The van der Waals surface area contributed by atoms with Crippen LogP contribution in [0.25, 0.3) is 11.3 Å². The summed E-state index contributed by atoms with van der Waals surface area (Å²) in [7, 11) is 0. The van der Waals surface area contributed by atoms with Crippen molar-refractivity contribution < 1.29 is 0 Å². The second-order valence-corrected chi connectivity index (χ2v) is 5.32. The molecule has 0 amide bonds. The average molecular weight is 281 g/mol. The van der Waals surface area contributed by atoms with Gasteiger partial charge in [0.2, 0.25) is 0 Å². The molecule has 2 aromatic rings. The maximum Gasteiger partial charge on any atom is 0.251 e. The zero-order chi connectivity index (χ0) is 12.7. The molecule has 1 saturated carbocycles. The molecular weight excluding hydrogens is 271 g/mol. The molecule has 0 bridgehead atoms. The fourth-order valence-electron chi connectivity index (χ4n) is 1.88. The fraction of sp³-hybridized carbons (Fsp3) is 0.231. The zero-order valence-corrected chi connectivity index (χ0v) is 10.9. The summed E-state index contributed by atoms with van der Waals surface area (Å²) in [4.78, 5) is 18.9. The molecule has 1 aliphatic rings. The van der Waals surface area contributed by atoms with Gasteiger partial charge >= 0.3 is 0 Å². The number of aromatic amines is 1. The number of H-pyrrole nitrogens is 1. The molecular formula is C13H10Cl2N2O. The van der Waals surface area contributed by atoms with Crippen molar-refractivity contribution in [3.05, 3.63) is 50.5 Å². The molecule has 1 N–H and O–H groups in total. The molecule has 0 unspecified atom stereocenters. The van der Waals surface area contributed by atoms with Gasteiger partial charge in [0.15, 0.2) is 0 Å². The predicted octanol–water partition coefficient (Wildman–Crippen LogP) is 3.62. The predicted molar refractivity (Wildman–Crippen MR) is 72.3 cm³/mol. The molecule has 0 atom stereocenters. The number of aromatic nitrogens is 2. The second-order valence-electron chi connectivity index (χ2n) is 4.45. The second kappa shape index (κ2) is 4.41. The van der Waals surface area contributed by atoms with Crippen molar-refractivity contribution in [1.82, 2.24) is 9.97 Å². The van der Waals surface area contributed by atoms with Crippen LogP contribution in [0.4, 0.5) is 0 Å². The summed E-state index contributed by atoms with van der Waals surface area (Å²) in [5.74, 6) is 1.15. The fourth-order valence-corrected chi connectivity index (χ4v) is 2.40. The Morgan fingerprint density at radius 3 is 2.39 bits per heavy atom. The Morgan fingerprint density at radius 2 is 1.78 bits per heavy atom. The number of rotatable bonds is 2. The van der Waals surface area contributed by atoms with Gasteiger partial charge < -0.3 is 4.98 Å². The van der Waals surface area contributed by atoms with Crippen LogP contribution in [0.1, 0.15) is 24.6 Å². The van der Waals surface area contributed by atoms with E-state index in [4.69, 9.17) is 23.2 Å². The first kappa shape index (κ1) is 11.8. The maximum atomic E-state index is 11.6. The van der Waals surface area contributed by atoms with Gasteiger partial charge in [0.1, 0.15) is 5.82 Å². The maximum absolute atomic E-state index is 11.6. The van der Waals surface area contributed by atoms with Crippen molar-refractivity contribution in [3.8, 4) is 11.3 Å². The lowest BCUT2D eigenvalue weighted by atomic mass is 10.1. The van der Waals surface area contributed by atoms with Gasteiger partial charge in [-0.1, -0.05) is 23.2 Å². The first-order valence-electron chi connectivity index (χ1n) is 5.69. The van der Waals surface area contributed by atoms with E-state index in [9.17, 15) is 4.79 Å². The molecule has 3 nitrogen and oxygen atoms in total. The van der Waals surface area contributed by atoms with Gasteiger partial charge in [-0.25, -0.2) is 4.98 Å². The van der Waals surface area contributed by atoms with Gasteiger partial charge in [0.05, 0.1) is 5.69 Å². The molecule has 1 aromatic heterocycles. The molecule has 5 heteroatoms. The third kappa shape index (κ3) is 2.42. The normalized spacial score (nSPS) is 14.8. The summed E-state index contributed by atoms with van der Waals surface area (Å²) in [5, 5.41) is 1.07. The van der Waals surface area contributed by atoms with E-state index in [0.717, 1.165) is 24.2 Å². The topological polar surface area (TPSA) is 45.8 Å². The molecule has 3 rings (SSSR count). The third-order valence-corrected chi connectivity index (χ3v) is 3.32. The largest absolute Gasteiger partial charge is 0.310 e. The Morgan fingerprint density at radius 1 is 1.11 bits per heavy atom. The lowest BCUT2D eigenvalue weighted by Gasteiger charge is -2.04. The van der Waals surface area contributed by atoms with Crippen LogP contribution in [0.15, 0.2) is 29.1 Å². The first-order valence-corrected chi connectivity index (χ1v) is 6.45. The molecule has 1 heterocycles. The van der Waals surface area contributed by atoms with Crippen molar-refractivity contribution in [2.24, 2.45) is 0 Å². The van der Waals surface area contributed by atoms with E-state index in [0.29, 0.717) is 21.7 Å². The van der Waals surface area contributed by atoms with E-state index in [1.807, 2.05) is 0 Å². The number of halogens is 2. The molecule has 0 spiro atoms. The molecule has 0 aliphatic heterocycles. The SMILES string of the molecule is O=c1cc(-c2cc(Cl)cc(Cl)c2)nc(C2CC2)[nH]1. The monoisotopic (exact) mass is 280 g/mol. The Balaban J connectivity index is 2.12. The number of benzene rings is 1. The van der Waals surface area contributed by atoms with Crippen LogP contribution in [0.2, 0.25) is 10.0 Å². The van der Waals surface area contributed by atoms with E-state index in [2.05, 4.69) is 9.97 Å². The summed E-state index contributed by atoms with van der Waals surface area (Å²) in [6.45, 7) is 0. The summed E-state index contributed by atoms with van der Waals surface area (Å²) < 4.78 is 0. The summed E-state index contributed by atoms with van der Waals surface area (Å²) >= 11 is 11.9. The molecule has 92 valence electrons. The standard InChI is InChI=1S/C13H10Cl2N2O/c14-9-3-8(4-10(15)5-9)11-6-12(18)17-13(16-11)7-1-2-7/h3-7H,1-2H2,(H,16,17,18). The van der Waals surface area contributed by atoms with E-state index in [1.54, 1.807) is 18.2 Å². The Hall–Kier alpha value is -1.32. The van der Waals surface area contributed by atoms with Crippen molar-refractivity contribution in [2.75, 3.05) is 0 Å². The van der Waals surface area contributed by atoms with Crippen LogP contribution in [0.5, 0.6) is 0 Å². The van der Waals surface area contributed by atoms with Crippen molar-refractivity contribution in [3.63, 3.8) is 0 Å². The van der Waals surface area contributed by atoms with Crippen LogP contribution in [-0.4, -0.2) is 9.97 Å². The van der Waals surface area contributed by atoms with Crippen molar-refractivity contribution in [1.29, 1.82) is 0 Å². The average Bonchev–Trinajstić information content (AvgIpc) is 3.10. The number of hydrogen-bond donors (Lipinski definition) is 1. The minimum absolute atomic E-state index is 0.141. The molecule has 18 heavy (non-hydrogen) atoms. The minimum Gasteiger partial charge on any atom is -0.310 e. The summed E-state index contributed by atoms with van der Waals surface area (Å²) in [5.41, 5.74) is 1.24. The number of hydrogen-bond acceptors (Lipinski definition) is 2. The first-order chi connectivity index (χ1) is 8.61. The minimum atomic E-state index is -0.141. The van der Waals surface area contributed by atoms with Crippen molar-refractivity contribution >= 4 is 23.2 Å². The van der Waals surface area contributed by atoms with Crippen LogP contribution in [-0.2, 0) is 0 Å². The Labute approximate surface area is 114 Å². The highest BCUT2D eigenvalue weighted by atomic mass is 35.5. The smallest absolute Gasteiger partial charge is 0.251 e. The lowest BCUT2D eigenvalue weighted by Crippen LogP contribution is -2.10. The highest BCUT2D eigenvalue weighted by Gasteiger charge is 2.26. The van der Waals surface area contributed by atoms with Gasteiger partial charge in [-0.3, -0.25) is 4.79 Å². The van der Waals surface area contributed by atoms with Crippen LogP contribution < -0.4 is 5.56 Å². The number of nitrogens with zero attached hydrogens (tertiary/aromatic N) is 1. The zero-order valence-electron chi connectivity index (χ0n) is 9.41. The highest BCUT2D eigenvalue weighted by molar-refractivity contribution is 6.35. The molecule has 1 fully saturated rings.